The average Bonchev–Trinajstić information content (AvgIpc) is 3.07. The molecule has 0 unspecified atom stereocenters. The number of benzene rings is 1. The first-order valence-corrected chi connectivity index (χ1v) is 10.8. The maximum absolute atomic E-state index is 13.4. The molecule has 0 bridgehead atoms. The van der Waals surface area contributed by atoms with E-state index in [0.29, 0.717) is 26.5 Å². The highest BCUT2D eigenvalue weighted by Crippen LogP contribution is 2.31. The van der Waals surface area contributed by atoms with Crippen molar-refractivity contribution < 1.29 is 9.53 Å². The van der Waals surface area contributed by atoms with Gasteiger partial charge in [-0.2, -0.15) is 0 Å². The summed E-state index contributed by atoms with van der Waals surface area (Å²) in [7, 11) is 1.34. The second-order valence-corrected chi connectivity index (χ2v) is 8.69. The zero-order valence-electron chi connectivity index (χ0n) is 17.8. The lowest BCUT2D eigenvalue weighted by Crippen LogP contribution is -2.39. The van der Waals surface area contributed by atoms with E-state index in [9.17, 15) is 9.59 Å². The topological polar surface area (TPSA) is 73.6 Å². The molecule has 1 aromatic carbocycles. The summed E-state index contributed by atoms with van der Waals surface area (Å²) < 4.78 is 7.18. The van der Waals surface area contributed by atoms with Crippen LogP contribution in [0, 0.1) is 0 Å². The second-order valence-electron chi connectivity index (χ2n) is 7.68. The molecule has 0 aliphatic carbocycles. The maximum atomic E-state index is 13.4. The molecule has 0 radical (unpaired) electrons. The predicted molar refractivity (Wildman–Crippen MR) is 121 cm³/mol. The number of fused-ring (bicyclic) bond motifs is 1. The van der Waals surface area contributed by atoms with E-state index in [0.717, 1.165) is 11.1 Å². The molecular formula is C24H23N3O3S. The fourth-order valence-electron chi connectivity index (χ4n) is 3.68. The molecule has 158 valence electrons. The van der Waals surface area contributed by atoms with Crippen LogP contribution in [-0.4, -0.2) is 22.6 Å². The van der Waals surface area contributed by atoms with Crippen LogP contribution in [0.1, 0.15) is 49.4 Å². The Morgan fingerprint density at radius 1 is 1.23 bits per heavy atom. The van der Waals surface area contributed by atoms with Gasteiger partial charge in [0.05, 0.1) is 29.0 Å². The van der Waals surface area contributed by atoms with Gasteiger partial charge in [-0.25, -0.2) is 9.79 Å². The molecule has 4 rings (SSSR count). The molecule has 7 heteroatoms. The number of aromatic nitrogens is 2. The first-order valence-electron chi connectivity index (χ1n) is 10.0. The molecule has 31 heavy (non-hydrogen) atoms. The van der Waals surface area contributed by atoms with Gasteiger partial charge in [-0.1, -0.05) is 55.5 Å². The molecule has 1 aliphatic heterocycles. The molecule has 0 amide bonds. The summed E-state index contributed by atoms with van der Waals surface area (Å²) in [6.45, 7) is 6.03. The van der Waals surface area contributed by atoms with Crippen molar-refractivity contribution in [2.24, 2.45) is 4.99 Å². The van der Waals surface area contributed by atoms with Gasteiger partial charge in [-0.05, 0) is 41.7 Å². The molecule has 0 saturated heterocycles. The van der Waals surface area contributed by atoms with E-state index in [4.69, 9.17) is 4.74 Å². The molecule has 2 aromatic heterocycles. The molecule has 0 N–H and O–H groups in total. The van der Waals surface area contributed by atoms with Crippen molar-refractivity contribution in [3.8, 4) is 0 Å². The number of thiazole rings is 1. The van der Waals surface area contributed by atoms with Gasteiger partial charge in [0, 0.05) is 12.4 Å². The van der Waals surface area contributed by atoms with Crippen molar-refractivity contribution in [1.82, 2.24) is 9.55 Å². The number of allylic oxidation sites excluding steroid dienone is 1. The second kappa shape index (κ2) is 8.43. The van der Waals surface area contributed by atoms with Crippen LogP contribution < -0.4 is 14.9 Å². The number of carbonyl (C=O) groups is 1. The molecule has 0 fully saturated rings. The SMILES string of the molecule is COC(=O)C1=C(C)N=c2s/c(=C\c3cccnc3)c(=O)n2[C@H]1c1ccc(C(C)C)cc1. The Balaban J connectivity index is 1.95. The number of rotatable bonds is 4. The zero-order chi connectivity index (χ0) is 22.1. The van der Waals surface area contributed by atoms with Gasteiger partial charge in [0.2, 0.25) is 0 Å². The lowest BCUT2D eigenvalue weighted by molar-refractivity contribution is -0.136. The highest BCUT2D eigenvalue weighted by atomic mass is 32.1. The predicted octanol–water partition coefficient (Wildman–Crippen LogP) is 2.93. The van der Waals surface area contributed by atoms with Gasteiger partial charge in [0.25, 0.3) is 5.56 Å². The summed E-state index contributed by atoms with van der Waals surface area (Å²) in [5, 5.41) is 0. The van der Waals surface area contributed by atoms with Gasteiger partial charge >= 0.3 is 5.97 Å². The summed E-state index contributed by atoms with van der Waals surface area (Å²) in [5.41, 5.74) is 3.59. The van der Waals surface area contributed by atoms with E-state index in [1.165, 1.54) is 24.0 Å². The van der Waals surface area contributed by atoms with Gasteiger partial charge in [0.1, 0.15) is 0 Å². The summed E-state index contributed by atoms with van der Waals surface area (Å²) in [6.07, 6.45) is 5.18. The minimum absolute atomic E-state index is 0.195. The molecule has 1 atom stereocenters. The Morgan fingerprint density at radius 2 is 1.97 bits per heavy atom. The van der Waals surface area contributed by atoms with Crippen LogP contribution in [-0.2, 0) is 9.53 Å². The summed E-state index contributed by atoms with van der Waals surface area (Å²) in [5.74, 6) is -0.103. The first kappa shape index (κ1) is 20.9. The Morgan fingerprint density at radius 3 is 2.58 bits per heavy atom. The van der Waals surface area contributed by atoms with E-state index in [1.54, 1.807) is 30.0 Å². The molecule has 0 spiro atoms. The first-order chi connectivity index (χ1) is 14.9. The van der Waals surface area contributed by atoms with Crippen molar-refractivity contribution in [3.63, 3.8) is 0 Å². The highest BCUT2D eigenvalue weighted by Gasteiger charge is 2.33. The number of nitrogens with zero attached hydrogens (tertiary/aromatic N) is 3. The van der Waals surface area contributed by atoms with Gasteiger partial charge < -0.3 is 4.74 Å². The Hall–Kier alpha value is -3.32. The summed E-state index contributed by atoms with van der Waals surface area (Å²) >= 11 is 1.30. The Kier molecular flexibility index (Phi) is 5.69. The molecule has 0 saturated carbocycles. The van der Waals surface area contributed by atoms with Crippen molar-refractivity contribution in [1.29, 1.82) is 0 Å². The minimum Gasteiger partial charge on any atom is -0.466 e. The summed E-state index contributed by atoms with van der Waals surface area (Å²) in [6, 6.07) is 11.1. The fraction of sp³-hybridized carbons (Fsp3) is 0.250. The third-order valence-electron chi connectivity index (χ3n) is 5.33. The molecule has 3 aromatic rings. The van der Waals surface area contributed by atoms with Gasteiger partial charge in [-0.3, -0.25) is 14.3 Å². The number of esters is 1. The number of carbonyl (C=O) groups excluding carboxylic acids is 1. The van der Waals surface area contributed by atoms with Gasteiger partial charge in [-0.15, -0.1) is 0 Å². The van der Waals surface area contributed by atoms with Gasteiger partial charge in [0.15, 0.2) is 4.80 Å². The van der Waals surface area contributed by atoms with Crippen LogP contribution in [0.15, 0.2) is 69.8 Å². The number of ether oxygens (including phenoxy) is 1. The number of hydrogen-bond donors (Lipinski definition) is 0. The molecule has 1 aliphatic rings. The smallest absolute Gasteiger partial charge is 0.338 e. The van der Waals surface area contributed by atoms with Crippen LogP contribution in [0.5, 0.6) is 0 Å². The monoisotopic (exact) mass is 433 g/mol. The van der Waals surface area contributed by atoms with E-state index in [-0.39, 0.29) is 5.56 Å². The normalized spacial score (nSPS) is 16.3. The van der Waals surface area contributed by atoms with E-state index in [1.807, 2.05) is 36.4 Å². The Bertz CT molecular complexity index is 1330. The molecular weight excluding hydrogens is 410 g/mol. The quantitative estimate of drug-likeness (QED) is 0.593. The van der Waals surface area contributed by atoms with Crippen molar-refractivity contribution >= 4 is 23.4 Å². The third kappa shape index (κ3) is 3.88. The highest BCUT2D eigenvalue weighted by molar-refractivity contribution is 7.07. The standard InChI is InChI=1S/C24H23N3O3S/c1-14(2)17-7-9-18(10-8-17)21-20(23(29)30-4)15(3)26-24-27(21)22(28)19(31-24)12-16-6-5-11-25-13-16/h5-14,21H,1-4H3/b19-12-/t21-/m0/s1. The van der Waals surface area contributed by atoms with Crippen molar-refractivity contribution in [2.45, 2.75) is 32.7 Å². The Labute approximate surface area is 183 Å². The van der Waals surface area contributed by atoms with Crippen LogP contribution in [0.2, 0.25) is 0 Å². The number of pyridine rings is 1. The zero-order valence-corrected chi connectivity index (χ0v) is 18.6. The lowest BCUT2D eigenvalue weighted by atomic mass is 9.93. The van der Waals surface area contributed by atoms with Crippen LogP contribution in [0.4, 0.5) is 0 Å². The largest absolute Gasteiger partial charge is 0.466 e. The molecule has 3 heterocycles. The van der Waals surface area contributed by atoms with Crippen molar-refractivity contribution in [2.75, 3.05) is 7.11 Å². The van der Waals surface area contributed by atoms with Crippen LogP contribution >= 0.6 is 11.3 Å². The lowest BCUT2D eigenvalue weighted by Gasteiger charge is -2.24. The maximum Gasteiger partial charge on any atom is 0.338 e. The third-order valence-corrected chi connectivity index (χ3v) is 6.31. The van der Waals surface area contributed by atoms with Crippen molar-refractivity contribution in [3.05, 3.63) is 96.4 Å². The van der Waals surface area contributed by atoms with E-state index >= 15 is 0 Å². The summed E-state index contributed by atoms with van der Waals surface area (Å²) in [4.78, 5) is 35.3. The van der Waals surface area contributed by atoms with Crippen LogP contribution in [0.25, 0.3) is 6.08 Å². The fourth-order valence-corrected chi connectivity index (χ4v) is 4.73. The average molecular weight is 434 g/mol. The minimum atomic E-state index is -0.596. The molecule has 6 nitrogen and oxygen atoms in total. The van der Waals surface area contributed by atoms with Crippen LogP contribution in [0.3, 0.4) is 0 Å². The van der Waals surface area contributed by atoms with E-state index in [2.05, 4.69) is 23.8 Å². The number of methoxy groups -OCH3 is 1. The van der Waals surface area contributed by atoms with E-state index < -0.39 is 12.0 Å². The number of hydrogen-bond acceptors (Lipinski definition) is 6.